The van der Waals surface area contributed by atoms with Crippen molar-refractivity contribution in [2.24, 2.45) is 0 Å². The number of unbranched alkanes of at least 4 members (excludes halogenated alkanes) is 2. The van der Waals surface area contributed by atoms with Crippen LogP contribution in [0.3, 0.4) is 0 Å². The fraction of sp³-hybridized carbons (Fsp3) is 1.00. The minimum atomic E-state index is -4.58. The van der Waals surface area contributed by atoms with Gasteiger partial charge < -0.3 is 17.7 Å². The van der Waals surface area contributed by atoms with Crippen LogP contribution in [0.4, 0.5) is 12.9 Å². The largest absolute Gasteiger partial charge is 0.478 e. The van der Waals surface area contributed by atoms with Gasteiger partial charge in [-0.05, 0) is 20.3 Å². The summed E-state index contributed by atoms with van der Waals surface area (Å²) in [4.78, 5) is 0. The molecule has 0 fully saturated rings. The lowest BCUT2D eigenvalue weighted by molar-refractivity contribution is 0.0758. The molecule has 0 rings (SSSR count). The summed E-state index contributed by atoms with van der Waals surface area (Å²) in [5.74, 6) is 0. The summed E-state index contributed by atoms with van der Waals surface area (Å²) in [6.45, 7) is -0.174. The fourth-order valence-corrected chi connectivity index (χ4v) is 0.974. The van der Waals surface area contributed by atoms with Gasteiger partial charge in [-0.1, -0.05) is 19.2 Å². The third-order valence-electron chi connectivity index (χ3n) is 1.63. The van der Waals surface area contributed by atoms with Crippen molar-refractivity contribution in [3.8, 4) is 0 Å². The zero-order chi connectivity index (χ0) is 10.3. The topological polar surface area (TPSA) is 9.23 Å². The van der Waals surface area contributed by atoms with Crippen molar-refractivity contribution in [3.63, 3.8) is 0 Å². The molecule has 0 saturated heterocycles. The molecule has 0 aromatic heterocycles. The number of rotatable bonds is 7. The maximum atomic E-state index is 11.7. The molecule has 0 aliphatic heterocycles. The Balaban J connectivity index is 3.09. The SMILES string of the molecule is CC(C)OCCCCC[B-](F)(F)F. The highest BCUT2D eigenvalue weighted by Gasteiger charge is 2.21. The second-order valence-corrected chi connectivity index (χ2v) is 3.48. The molecule has 0 N–H and O–H groups in total. The Labute approximate surface area is 77.7 Å². The second-order valence-electron chi connectivity index (χ2n) is 3.48. The van der Waals surface area contributed by atoms with Crippen molar-refractivity contribution in [1.82, 2.24) is 0 Å². The lowest BCUT2D eigenvalue weighted by Crippen LogP contribution is -2.13. The van der Waals surface area contributed by atoms with Gasteiger partial charge in [-0.15, -0.1) is 0 Å². The monoisotopic (exact) mass is 197 g/mol. The first-order chi connectivity index (χ1) is 5.92. The van der Waals surface area contributed by atoms with E-state index in [1.807, 2.05) is 13.8 Å². The Morgan fingerprint density at radius 3 is 2.15 bits per heavy atom. The molecule has 0 heterocycles. The van der Waals surface area contributed by atoms with Crippen LogP contribution in [0.25, 0.3) is 0 Å². The van der Waals surface area contributed by atoms with Gasteiger partial charge in [-0.3, -0.25) is 0 Å². The van der Waals surface area contributed by atoms with E-state index in [0.717, 1.165) is 6.42 Å². The quantitative estimate of drug-likeness (QED) is 0.448. The lowest BCUT2D eigenvalue weighted by atomic mass is 9.83. The Hall–Kier alpha value is -0.185. The van der Waals surface area contributed by atoms with Crippen molar-refractivity contribution in [2.45, 2.75) is 45.5 Å². The molecule has 0 aromatic carbocycles. The first-order valence-corrected chi connectivity index (χ1v) is 4.74. The standard InChI is InChI=1S/C8H17BF3O/c1-8(2)13-7-5-3-4-6-9(10,11)12/h8H,3-7H2,1-2H3/q-1. The predicted molar refractivity (Wildman–Crippen MR) is 48.8 cm³/mol. The summed E-state index contributed by atoms with van der Waals surface area (Å²) in [6.07, 6.45) is 1.14. The molecule has 80 valence electrons. The molecule has 0 unspecified atom stereocenters. The molecule has 5 heteroatoms. The second kappa shape index (κ2) is 6.30. The predicted octanol–water partition coefficient (Wildman–Crippen LogP) is 3.43. The van der Waals surface area contributed by atoms with Crippen LogP contribution in [0.15, 0.2) is 0 Å². The van der Waals surface area contributed by atoms with Crippen molar-refractivity contribution < 1.29 is 17.7 Å². The van der Waals surface area contributed by atoms with E-state index >= 15 is 0 Å². The highest BCUT2D eigenvalue weighted by atomic mass is 19.4. The molecule has 0 aromatic rings. The minimum Gasteiger partial charge on any atom is -0.449 e. The normalized spacial score (nSPS) is 12.5. The Morgan fingerprint density at radius 1 is 1.08 bits per heavy atom. The summed E-state index contributed by atoms with van der Waals surface area (Å²) in [5.41, 5.74) is 0. The van der Waals surface area contributed by atoms with E-state index in [0.29, 0.717) is 13.0 Å². The number of hydrogen-bond acceptors (Lipinski definition) is 1. The lowest BCUT2D eigenvalue weighted by Gasteiger charge is -2.12. The van der Waals surface area contributed by atoms with E-state index in [9.17, 15) is 12.9 Å². The van der Waals surface area contributed by atoms with Crippen molar-refractivity contribution in [1.29, 1.82) is 0 Å². The van der Waals surface area contributed by atoms with Crippen LogP contribution in [-0.2, 0) is 4.74 Å². The van der Waals surface area contributed by atoms with Crippen LogP contribution in [0, 0.1) is 0 Å². The van der Waals surface area contributed by atoms with Crippen LogP contribution in [0.2, 0.25) is 6.32 Å². The molecular weight excluding hydrogens is 180 g/mol. The molecule has 0 atom stereocenters. The molecule has 0 spiro atoms. The molecule has 1 nitrogen and oxygen atoms in total. The van der Waals surface area contributed by atoms with E-state index in [-0.39, 0.29) is 12.5 Å². The Bertz CT molecular complexity index is 125. The molecule has 0 aliphatic carbocycles. The highest BCUT2D eigenvalue weighted by molar-refractivity contribution is 6.58. The number of ether oxygens (including phenoxy) is 1. The first-order valence-electron chi connectivity index (χ1n) is 4.74. The molecule has 0 saturated carbocycles. The van der Waals surface area contributed by atoms with Gasteiger partial charge in [0.1, 0.15) is 0 Å². The molecule has 0 bridgehead atoms. The third kappa shape index (κ3) is 11.8. The molecular formula is C8H17BF3O-. The zero-order valence-electron chi connectivity index (χ0n) is 8.23. The van der Waals surface area contributed by atoms with Gasteiger partial charge in [0.05, 0.1) is 6.10 Å². The summed E-state index contributed by atoms with van der Waals surface area (Å²) in [5, 5.41) is 0. The van der Waals surface area contributed by atoms with Crippen LogP contribution in [0.1, 0.15) is 33.1 Å². The van der Waals surface area contributed by atoms with E-state index in [2.05, 4.69) is 0 Å². The average Bonchev–Trinajstić information content (AvgIpc) is 1.93. The maximum Gasteiger partial charge on any atom is 0.478 e. The number of hydrogen-bond donors (Lipinski definition) is 0. The summed E-state index contributed by atoms with van der Waals surface area (Å²) in [7, 11) is 0. The Morgan fingerprint density at radius 2 is 1.69 bits per heavy atom. The van der Waals surface area contributed by atoms with E-state index in [4.69, 9.17) is 4.74 Å². The van der Waals surface area contributed by atoms with Crippen molar-refractivity contribution in [3.05, 3.63) is 0 Å². The van der Waals surface area contributed by atoms with Gasteiger partial charge in [0, 0.05) is 6.61 Å². The summed E-state index contributed by atoms with van der Waals surface area (Å²) >= 11 is 0. The van der Waals surface area contributed by atoms with Crippen LogP contribution >= 0.6 is 0 Å². The van der Waals surface area contributed by atoms with E-state index < -0.39 is 13.3 Å². The zero-order valence-corrected chi connectivity index (χ0v) is 8.23. The van der Waals surface area contributed by atoms with Crippen molar-refractivity contribution in [2.75, 3.05) is 6.61 Å². The van der Waals surface area contributed by atoms with Crippen LogP contribution < -0.4 is 0 Å². The molecule has 13 heavy (non-hydrogen) atoms. The summed E-state index contributed by atoms with van der Waals surface area (Å²) < 4.78 is 40.4. The highest BCUT2D eigenvalue weighted by Crippen LogP contribution is 2.18. The van der Waals surface area contributed by atoms with Gasteiger partial charge in [0.15, 0.2) is 0 Å². The van der Waals surface area contributed by atoms with Gasteiger partial charge >= 0.3 is 6.98 Å². The van der Waals surface area contributed by atoms with E-state index in [1.165, 1.54) is 0 Å². The van der Waals surface area contributed by atoms with Crippen LogP contribution in [0.5, 0.6) is 0 Å². The maximum absolute atomic E-state index is 11.7. The van der Waals surface area contributed by atoms with Crippen molar-refractivity contribution >= 4 is 6.98 Å². The third-order valence-corrected chi connectivity index (χ3v) is 1.63. The first kappa shape index (κ1) is 12.8. The van der Waals surface area contributed by atoms with Gasteiger partial charge in [-0.25, -0.2) is 0 Å². The fourth-order valence-electron chi connectivity index (χ4n) is 0.974. The van der Waals surface area contributed by atoms with Gasteiger partial charge in [0.25, 0.3) is 0 Å². The van der Waals surface area contributed by atoms with E-state index in [1.54, 1.807) is 0 Å². The van der Waals surface area contributed by atoms with Crippen LogP contribution in [-0.4, -0.2) is 19.7 Å². The number of halogens is 3. The minimum absolute atomic E-state index is 0.173. The summed E-state index contributed by atoms with van der Waals surface area (Å²) in [6, 6.07) is 0. The van der Waals surface area contributed by atoms with Gasteiger partial charge in [0.2, 0.25) is 0 Å². The molecule has 0 radical (unpaired) electrons. The van der Waals surface area contributed by atoms with Gasteiger partial charge in [-0.2, -0.15) is 0 Å². The Kier molecular flexibility index (Phi) is 6.21. The molecule has 0 aliphatic rings. The molecule has 0 amide bonds. The smallest absolute Gasteiger partial charge is 0.449 e. The average molecular weight is 197 g/mol.